The van der Waals surface area contributed by atoms with E-state index in [1.165, 1.54) is 6.33 Å². The number of carbonyl (C=O) groups is 1. The van der Waals surface area contributed by atoms with E-state index in [2.05, 4.69) is 20.8 Å². The molecule has 0 aliphatic rings. The van der Waals surface area contributed by atoms with Gasteiger partial charge in [0.05, 0.1) is 18.9 Å². The lowest BCUT2D eigenvalue weighted by Crippen LogP contribution is -2.13. The number of aryl methyl sites for hydroxylation is 1. The predicted octanol–water partition coefficient (Wildman–Crippen LogP) is 3.17. The quantitative estimate of drug-likeness (QED) is 0.573. The summed E-state index contributed by atoms with van der Waals surface area (Å²) in [5, 5.41) is 14.0. The Kier molecular flexibility index (Phi) is 6.56. The standard InChI is InChI=1S/C20H23N5O3/c1-3-27-18-7-4-5-8-19(18)28-12-6-9-20(26)22-16-10-11-17(15(2)13-16)25-14-21-23-24-25/h4-5,7-8,10-11,13-14H,3,6,9,12H2,1-2H3,(H,22,26). The largest absolute Gasteiger partial charge is 0.490 e. The molecular weight excluding hydrogens is 358 g/mol. The minimum absolute atomic E-state index is 0.0590. The van der Waals surface area contributed by atoms with Crippen molar-refractivity contribution < 1.29 is 14.3 Å². The molecule has 0 spiro atoms. The first kappa shape index (κ1) is 19.3. The van der Waals surface area contributed by atoms with Crippen molar-refractivity contribution in [2.24, 2.45) is 0 Å². The maximum atomic E-state index is 12.2. The highest BCUT2D eigenvalue weighted by molar-refractivity contribution is 5.90. The van der Waals surface area contributed by atoms with Gasteiger partial charge in [-0.15, -0.1) is 5.10 Å². The van der Waals surface area contributed by atoms with Gasteiger partial charge in [-0.1, -0.05) is 12.1 Å². The Morgan fingerprint density at radius 3 is 2.61 bits per heavy atom. The van der Waals surface area contributed by atoms with Crippen molar-refractivity contribution in [1.82, 2.24) is 20.2 Å². The molecule has 3 rings (SSSR count). The molecule has 0 atom stereocenters. The molecular formula is C20H23N5O3. The van der Waals surface area contributed by atoms with Gasteiger partial charge in [0.15, 0.2) is 11.5 Å². The van der Waals surface area contributed by atoms with Gasteiger partial charge in [-0.2, -0.15) is 0 Å². The first-order chi connectivity index (χ1) is 13.7. The van der Waals surface area contributed by atoms with Crippen LogP contribution in [0.2, 0.25) is 0 Å². The number of amides is 1. The van der Waals surface area contributed by atoms with Crippen LogP contribution >= 0.6 is 0 Å². The van der Waals surface area contributed by atoms with Gasteiger partial charge in [0.25, 0.3) is 0 Å². The highest BCUT2D eigenvalue weighted by Crippen LogP contribution is 2.26. The summed E-state index contributed by atoms with van der Waals surface area (Å²) in [5.74, 6) is 1.35. The van der Waals surface area contributed by atoms with Crippen molar-refractivity contribution >= 4 is 11.6 Å². The molecule has 0 saturated heterocycles. The molecule has 3 aromatic rings. The highest BCUT2D eigenvalue weighted by Gasteiger charge is 2.08. The number of nitrogens with zero attached hydrogens (tertiary/aromatic N) is 4. The number of hydrogen-bond acceptors (Lipinski definition) is 6. The van der Waals surface area contributed by atoms with Gasteiger partial charge in [0.1, 0.15) is 6.33 Å². The van der Waals surface area contributed by atoms with Gasteiger partial charge in [-0.05, 0) is 66.6 Å². The number of anilines is 1. The van der Waals surface area contributed by atoms with Gasteiger partial charge >= 0.3 is 0 Å². The van der Waals surface area contributed by atoms with E-state index in [1.54, 1.807) is 4.68 Å². The molecule has 0 fully saturated rings. The maximum Gasteiger partial charge on any atom is 0.224 e. The highest BCUT2D eigenvalue weighted by atomic mass is 16.5. The number of carbonyl (C=O) groups excluding carboxylic acids is 1. The van der Waals surface area contributed by atoms with Crippen LogP contribution in [0.25, 0.3) is 5.69 Å². The second-order valence-electron chi connectivity index (χ2n) is 6.14. The summed E-state index contributed by atoms with van der Waals surface area (Å²) in [5.41, 5.74) is 2.56. The maximum absolute atomic E-state index is 12.2. The van der Waals surface area contributed by atoms with Crippen LogP contribution in [0.1, 0.15) is 25.3 Å². The lowest BCUT2D eigenvalue weighted by Gasteiger charge is -2.12. The number of aromatic nitrogens is 4. The first-order valence-corrected chi connectivity index (χ1v) is 9.16. The smallest absolute Gasteiger partial charge is 0.224 e. The molecule has 0 saturated carbocycles. The zero-order chi connectivity index (χ0) is 19.8. The number of para-hydroxylation sites is 2. The Balaban J connectivity index is 1.47. The van der Waals surface area contributed by atoms with Crippen LogP contribution in [0.3, 0.4) is 0 Å². The minimum atomic E-state index is -0.0590. The van der Waals surface area contributed by atoms with Gasteiger partial charge < -0.3 is 14.8 Å². The molecule has 0 aliphatic carbocycles. The van der Waals surface area contributed by atoms with Crippen LogP contribution in [0.5, 0.6) is 11.5 Å². The minimum Gasteiger partial charge on any atom is -0.490 e. The monoisotopic (exact) mass is 381 g/mol. The Morgan fingerprint density at radius 1 is 1.14 bits per heavy atom. The van der Waals surface area contributed by atoms with Crippen molar-refractivity contribution in [3.8, 4) is 17.2 Å². The average molecular weight is 381 g/mol. The molecule has 0 bridgehead atoms. The summed E-state index contributed by atoms with van der Waals surface area (Å²) in [4.78, 5) is 12.2. The number of nitrogens with one attached hydrogen (secondary N) is 1. The van der Waals surface area contributed by atoms with Crippen molar-refractivity contribution in [3.63, 3.8) is 0 Å². The van der Waals surface area contributed by atoms with Crippen LogP contribution in [0.4, 0.5) is 5.69 Å². The van der Waals surface area contributed by atoms with Crippen molar-refractivity contribution in [2.45, 2.75) is 26.7 Å². The zero-order valence-corrected chi connectivity index (χ0v) is 16.0. The Morgan fingerprint density at radius 2 is 1.93 bits per heavy atom. The molecule has 0 radical (unpaired) electrons. The second kappa shape index (κ2) is 9.50. The summed E-state index contributed by atoms with van der Waals surface area (Å²) in [6.07, 6.45) is 2.50. The van der Waals surface area contributed by atoms with E-state index in [1.807, 2.05) is 56.3 Å². The molecule has 0 aliphatic heterocycles. The number of rotatable bonds is 9. The molecule has 0 unspecified atom stereocenters. The van der Waals surface area contributed by atoms with Crippen molar-refractivity contribution in [2.75, 3.05) is 18.5 Å². The van der Waals surface area contributed by atoms with E-state index in [9.17, 15) is 4.79 Å². The molecule has 8 nitrogen and oxygen atoms in total. The predicted molar refractivity (Wildman–Crippen MR) is 105 cm³/mol. The molecule has 1 heterocycles. The van der Waals surface area contributed by atoms with Gasteiger partial charge in [-0.25, -0.2) is 4.68 Å². The second-order valence-corrected chi connectivity index (χ2v) is 6.14. The topological polar surface area (TPSA) is 91.2 Å². The van der Waals surface area contributed by atoms with Crippen LogP contribution < -0.4 is 14.8 Å². The average Bonchev–Trinajstić information content (AvgIpc) is 3.21. The van der Waals surface area contributed by atoms with E-state index < -0.39 is 0 Å². The molecule has 1 aromatic heterocycles. The van der Waals surface area contributed by atoms with Crippen LogP contribution in [-0.4, -0.2) is 39.3 Å². The third-order valence-electron chi connectivity index (χ3n) is 4.03. The fourth-order valence-corrected chi connectivity index (χ4v) is 2.74. The first-order valence-electron chi connectivity index (χ1n) is 9.16. The van der Waals surface area contributed by atoms with E-state index in [0.717, 1.165) is 16.9 Å². The van der Waals surface area contributed by atoms with Gasteiger partial charge in [-0.3, -0.25) is 4.79 Å². The summed E-state index contributed by atoms with van der Waals surface area (Å²) >= 11 is 0. The van der Waals surface area contributed by atoms with Crippen molar-refractivity contribution in [1.29, 1.82) is 0 Å². The zero-order valence-electron chi connectivity index (χ0n) is 16.0. The fraction of sp³-hybridized carbons (Fsp3) is 0.300. The summed E-state index contributed by atoms with van der Waals surface area (Å²) in [7, 11) is 0. The number of hydrogen-bond donors (Lipinski definition) is 1. The van der Waals surface area contributed by atoms with Crippen LogP contribution in [0, 0.1) is 6.92 Å². The fourth-order valence-electron chi connectivity index (χ4n) is 2.74. The summed E-state index contributed by atoms with van der Waals surface area (Å²) in [6, 6.07) is 13.1. The lowest BCUT2D eigenvalue weighted by atomic mass is 10.1. The van der Waals surface area contributed by atoms with Gasteiger partial charge in [0, 0.05) is 12.1 Å². The molecule has 28 heavy (non-hydrogen) atoms. The van der Waals surface area contributed by atoms with E-state index in [-0.39, 0.29) is 5.91 Å². The van der Waals surface area contributed by atoms with Crippen molar-refractivity contribution in [3.05, 3.63) is 54.4 Å². The summed E-state index contributed by atoms with van der Waals surface area (Å²) in [6.45, 7) is 4.89. The molecule has 146 valence electrons. The molecule has 2 aromatic carbocycles. The SMILES string of the molecule is CCOc1ccccc1OCCCC(=O)Nc1ccc(-n2cnnn2)c(C)c1. The number of ether oxygens (including phenoxy) is 2. The van der Waals surface area contributed by atoms with E-state index in [4.69, 9.17) is 9.47 Å². The Hall–Kier alpha value is -3.42. The molecule has 8 heteroatoms. The van der Waals surface area contributed by atoms with E-state index >= 15 is 0 Å². The normalized spacial score (nSPS) is 10.5. The van der Waals surface area contributed by atoms with Crippen LogP contribution in [0.15, 0.2) is 48.8 Å². The Bertz CT molecular complexity index is 912. The lowest BCUT2D eigenvalue weighted by molar-refractivity contribution is -0.116. The third-order valence-corrected chi connectivity index (χ3v) is 4.03. The van der Waals surface area contributed by atoms with E-state index in [0.29, 0.717) is 37.6 Å². The molecule has 1 amide bonds. The van der Waals surface area contributed by atoms with Crippen LogP contribution in [-0.2, 0) is 4.79 Å². The summed E-state index contributed by atoms with van der Waals surface area (Å²) < 4.78 is 12.8. The number of tetrazole rings is 1. The molecule has 1 N–H and O–H groups in total. The van der Waals surface area contributed by atoms with Gasteiger partial charge in [0.2, 0.25) is 5.91 Å². The number of benzene rings is 2. The Labute approximate surface area is 163 Å². The third kappa shape index (κ3) is 5.06.